The largest absolute Gasteiger partial charge is 0.490 e. The van der Waals surface area contributed by atoms with Crippen LogP contribution in [0.25, 0.3) is 10.8 Å². The fourth-order valence-electron chi connectivity index (χ4n) is 4.08. The zero-order chi connectivity index (χ0) is 19.5. The first-order chi connectivity index (χ1) is 13.2. The van der Waals surface area contributed by atoms with Crippen molar-refractivity contribution in [2.24, 2.45) is 0 Å². The number of unbranched alkanes of at least 4 members (excludes halogenated alkanes) is 3. The Morgan fingerprint density at radius 2 is 1.48 bits per heavy atom. The number of hydrogen-bond acceptors (Lipinski definition) is 1. The van der Waals surface area contributed by atoms with Crippen molar-refractivity contribution in [3.05, 3.63) is 41.5 Å². The van der Waals surface area contributed by atoms with Crippen LogP contribution in [0.5, 0.6) is 5.75 Å². The highest BCUT2D eigenvalue weighted by molar-refractivity contribution is 5.92. The molecular weight excluding hydrogens is 328 g/mol. The first-order valence-corrected chi connectivity index (χ1v) is 11.4. The van der Waals surface area contributed by atoms with Crippen LogP contribution in [0.3, 0.4) is 0 Å². The molecular formula is C26H40O. The third kappa shape index (κ3) is 6.55. The molecule has 0 heterocycles. The van der Waals surface area contributed by atoms with Crippen molar-refractivity contribution >= 4 is 10.8 Å². The van der Waals surface area contributed by atoms with Crippen LogP contribution in [-0.2, 0) is 6.42 Å². The molecule has 0 atom stereocenters. The van der Waals surface area contributed by atoms with E-state index in [1.165, 1.54) is 86.1 Å². The lowest BCUT2D eigenvalue weighted by Crippen LogP contribution is -2.19. The lowest BCUT2D eigenvalue weighted by molar-refractivity contribution is 0.157. The summed E-state index contributed by atoms with van der Waals surface area (Å²) in [4.78, 5) is 0. The topological polar surface area (TPSA) is 9.23 Å². The van der Waals surface area contributed by atoms with Crippen LogP contribution in [0, 0.1) is 6.92 Å². The molecule has 3 rings (SSSR count). The highest BCUT2D eigenvalue weighted by atomic mass is 16.5. The minimum Gasteiger partial charge on any atom is -0.490 e. The normalized spacial score (nSPS) is 14.7. The Balaban J connectivity index is 0.000000380. The first kappa shape index (κ1) is 21.8. The van der Waals surface area contributed by atoms with Gasteiger partial charge in [0, 0.05) is 5.39 Å². The molecule has 1 fully saturated rings. The van der Waals surface area contributed by atoms with Crippen molar-refractivity contribution in [3.8, 4) is 5.75 Å². The van der Waals surface area contributed by atoms with Gasteiger partial charge in [-0.05, 0) is 61.6 Å². The molecule has 0 unspecified atom stereocenters. The molecule has 0 saturated heterocycles. The minimum absolute atomic E-state index is 0.415. The van der Waals surface area contributed by atoms with Gasteiger partial charge in [0.2, 0.25) is 0 Å². The quantitative estimate of drug-likeness (QED) is 0.446. The number of hydrogen-bond donors (Lipinski definition) is 0. The van der Waals surface area contributed by atoms with Gasteiger partial charge in [-0.1, -0.05) is 83.6 Å². The minimum atomic E-state index is 0.415. The van der Waals surface area contributed by atoms with Gasteiger partial charge in [0.1, 0.15) is 5.75 Å². The second-order valence-electron chi connectivity index (χ2n) is 8.05. The van der Waals surface area contributed by atoms with E-state index in [1.807, 2.05) is 0 Å². The maximum atomic E-state index is 6.38. The molecule has 2 aromatic carbocycles. The summed E-state index contributed by atoms with van der Waals surface area (Å²) in [6.45, 7) is 8.94. The molecule has 0 N–H and O–H groups in total. The summed E-state index contributed by atoms with van der Waals surface area (Å²) < 4.78 is 6.38. The second-order valence-corrected chi connectivity index (χ2v) is 8.05. The van der Waals surface area contributed by atoms with E-state index in [2.05, 4.69) is 58.0 Å². The number of benzene rings is 2. The van der Waals surface area contributed by atoms with Gasteiger partial charge in [0.05, 0.1) is 6.10 Å². The van der Waals surface area contributed by atoms with Gasteiger partial charge in [-0.25, -0.2) is 0 Å². The third-order valence-electron chi connectivity index (χ3n) is 5.64. The Hall–Kier alpha value is -1.50. The fraction of sp³-hybridized carbons (Fsp3) is 0.615. The van der Waals surface area contributed by atoms with Crippen LogP contribution in [0.4, 0.5) is 0 Å². The van der Waals surface area contributed by atoms with E-state index in [1.54, 1.807) is 0 Å². The Morgan fingerprint density at radius 3 is 2.07 bits per heavy atom. The molecule has 0 amide bonds. The maximum Gasteiger partial charge on any atom is 0.127 e. The predicted octanol–water partition coefficient (Wildman–Crippen LogP) is 8.40. The Morgan fingerprint density at radius 1 is 0.852 bits per heavy atom. The molecule has 0 aromatic heterocycles. The van der Waals surface area contributed by atoms with Crippen LogP contribution in [0.1, 0.15) is 96.1 Å². The van der Waals surface area contributed by atoms with E-state index in [0.29, 0.717) is 6.10 Å². The molecule has 1 aliphatic rings. The summed E-state index contributed by atoms with van der Waals surface area (Å²) in [7, 11) is 0. The van der Waals surface area contributed by atoms with E-state index in [4.69, 9.17) is 4.74 Å². The Kier molecular flexibility index (Phi) is 9.73. The van der Waals surface area contributed by atoms with Crippen LogP contribution < -0.4 is 4.74 Å². The molecule has 1 heteroatoms. The second kappa shape index (κ2) is 12.1. The molecule has 0 radical (unpaired) electrons. The molecule has 1 aliphatic carbocycles. The highest BCUT2D eigenvalue weighted by Crippen LogP contribution is 2.34. The maximum absolute atomic E-state index is 6.38. The zero-order valence-corrected chi connectivity index (χ0v) is 18.2. The summed E-state index contributed by atoms with van der Waals surface area (Å²) >= 11 is 0. The van der Waals surface area contributed by atoms with E-state index in [-0.39, 0.29) is 0 Å². The molecule has 150 valence electrons. The average Bonchev–Trinajstić information content (AvgIpc) is 2.70. The fourth-order valence-corrected chi connectivity index (χ4v) is 4.08. The van der Waals surface area contributed by atoms with Gasteiger partial charge in [-0.2, -0.15) is 0 Å². The molecule has 27 heavy (non-hydrogen) atoms. The lowest BCUT2D eigenvalue weighted by atomic mass is 9.95. The number of rotatable bonds is 7. The van der Waals surface area contributed by atoms with Crippen molar-refractivity contribution in [1.82, 2.24) is 0 Å². The van der Waals surface area contributed by atoms with E-state index < -0.39 is 0 Å². The SMILES string of the molecule is CCCCCC.CCCc1c(C)cc(OC2CCCCC2)c2ccccc12. The van der Waals surface area contributed by atoms with Crippen LogP contribution in [-0.4, -0.2) is 6.10 Å². The van der Waals surface area contributed by atoms with E-state index >= 15 is 0 Å². The van der Waals surface area contributed by atoms with Crippen LogP contribution in [0.2, 0.25) is 0 Å². The zero-order valence-electron chi connectivity index (χ0n) is 18.2. The summed E-state index contributed by atoms with van der Waals surface area (Å²) in [5.41, 5.74) is 2.87. The molecule has 0 spiro atoms. The highest BCUT2D eigenvalue weighted by Gasteiger charge is 2.17. The molecule has 2 aromatic rings. The van der Waals surface area contributed by atoms with Gasteiger partial charge < -0.3 is 4.74 Å². The van der Waals surface area contributed by atoms with E-state index in [9.17, 15) is 0 Å². The predicted molar refractivity (Wildman–Crippen MR) is 120 cm³/mol. The van der Waals surface area contributed by atoms with Gasteiger partial charge in [-0.3, -0.25) is 0 Å². The van der Waals surface area contributed by atoms with Crippen molar-refractivity contribution in [1.29, 1.82) is 0 Å². The summed E-state index contributed by atoms with van der Waals surface area (Å²) in [6.07, 6.45) is 14.7. The van der Waals surface area contributed by atoms with Crippen LogP contribution >= 0.6 is 0 Å². The molecule has 1 nitrogen and oxygen atoms in total. The Labute approximate surface area is 167 Å². The van der Waals surface area contributed by atoms with Crippen molar-refractivity contribution in [3.63, 3.8) is 0 Å². The Bertz CT molecular complexity index is 663. The number of fused-ring (bicyclic) bond motifs is 1. The van der Waals surface area contributed by atoms with Crippen molar-refractivity contribution < 1.29 is 4.74 Å². The summed E-state index contributed by atoms with van der Waals surface area (Å²) in [5, 5.41) is 2.67. The van der Waals surface area contributed by atoms with Crippen molar-refractivity contribution in [2.45, 2.75) is 104 Å². The molecule has 0 bridgehead atoms. The third-order valence-corrected chi connectivity index (χ3v) is 5.64. The number of aryl methyl sites for hydroxylation is 2. The number of ether oxygens (including phenoxy) is 1. The van der Waals surface area contributed by atoms with Crippen LogP contribution in [0.15, 0.2) is 30.3 Å². The van der Waals surface area contributed by atoms with Crippen molar-refractivity contribution in [2.75, 3.05) is 0 Å². The van der Waals surface area contributed by atoms with Gasteiger partial charge in [-0.15, -0.1) is 0 Å². The lowest BCUT2D eigenvalue weighted by Gasteiger charge is -2.24. The van der Waals surface area contributed by atoms with Gasteiger partial charge >= 0.3 is 0 Å². The van der Waals surface area contributed by atoms with Gasteiger partial charge in [0.15, 0.2) is 0 Å². The molecule has 1 saturated carbocycles. The van der Waals surface area contributed by atoms with Gasteiger partial charge in [0.25, 0.3) is 0 Å². The monoisotopic (exact) mass is 368 g/mol. The standard InChI is InChI=1S/C20H26O.C6H14/c1-3-9-17-15(2)14-20(19-13-8-7-12-18(17)19)21-16-10-5-4-6-11-16;1-3-5-6-4-2/h7-8,12-14,16H,3-6,9-11H2,1-2H3;3-6H2,1-2H3. The first-order valence-electron chi connectivity index (χ1n) is 11.4. The molecule has 0 aliphatic heterocycles. The summed E-state index contributed by atoms with van der Waals surface area (Å²) in [5.74, 6) is 1.09. The summed E-state index contributed by atoms with van der Waals surface area (Å²) in [6, 6.07) is 11.0. The smallest absolute Gasteiger partial charge is 0.127 e. The van der Waals surface area contributed by atoms with E-state index in [0.717, 1.165) is 12.2 Å². The average molecular weight is 369 g/mol.